The van der Waals surface area contributed by atoms with Crippen LogP contribution in [-0.4, -0.2) is 170 Å². The molecule has 0 bridgehead atoms. The molecule has 5 aliphatic heterocycles. The molecule has 6 amide bonds. The molecule has 6 aliphatic rings. The molecule has 11 atom stereocenters. The molecule has 16 nitrogen and oxygen atoms in total. The summed E-state index contributed by atoms with van der Waals surface area (Å²) in [5.41, 5.74) is 3.18. The van der Waals surface area contributed by atoms with Crippen molar-refractivity contribution >= 4 is 93.4 Å². The minimum Gasteiger partial charge on any atom is -0.367 e. The summed E-state index contributed by atoms with van der Waals surface area (Å²) >= 11 is 14.7. The zero-order valence-corrected chi connectivity index (χ0v) is 49.7. The number of thioether (sulfide) groups is 2. The Balaban J connectivity index is 0.959. The van der Waals surface area contributed by atoms with Crippen molar-refractivity contribution in [3.8, 4) is 0 Å². The van der Waals surface area contributed by atoms with Crippen LogP contribution in [0.1, 0.15) is 108 Å². The van der Waals surface area contributed by atoms with Gasteiger partial charge in [-0.25, -0.2) is 0 Å². The van der Waals surface area contributed by atoms with Gasteiger partial charge in [0.05, 0.1) is 50.7 Å². The quantitative estimate of drug-likeness (QED) is 0.127. The van der Waals surface area contributed by atoms with E-state index in [1.165, 1.54) is 0 Å². The molecule has 1 aliphatic carbocycles. The molecule has 8 rings (SSSR count). The third-order valence-electron chi connectivity index (χ3n) is 17.3. The monoisotopic (exact) mass is 1130 g/mol. The van der Waals surface area contributed by atoms with E-state index in [9.17, 15) is 24.0 Å². The van der Waals surface area contributed by atoms with Crippen molar-refractivity contribution in [3.63, 3.8) is 0 Å². The summed E-state index contributed by atoms with van der Waals surface area (Å²) in [5, 5.41) is 19.1. The molecule has 5 fully saturated rings. The largest absolute Gasteiger partial charge is 0.367 e. The van der Waals surface area contributed by atoms with Crippen molar-refractivity contribution in [1.29, 1.82) is 0 Å². The topological polar surface area (TPSA) is 188 Å². The number of aryl methyl sites for hydroxylation is 3. The second kappa shape index (κ2) is 25.0. The summed E-state index contributed by atoms with van der Waals surface area (Å²) in [7, 11) is 3.65. The molecular formula is C57H82N10O6S4. The Morgan fingerprint density at radius 1 is 0.701 bits per heavy atom. The second-order valence-electron chi connectivity index (χ2n) is 23.4. The molecule has 20 heteroatoms. The average Bonchev–Trinajstić information content (AvgIpc) is 3.73. The third kappa shape index (κ3) is 12.8. The predicted molar refractivity (Wildman–Crippen MR) is 314 cm³/mol. The zero-order valence-electron chi connectivity index (χ0n) is 46.4. The highest BCUT2D eigenvalue weighted by Gasteiger charge is 2.56. The van der Waals surface area contributed by atoms with E-state index < -0.39 is 52.9 Å². The highest BCUT2D eigenvalue weighted by atomic mass is 32.2. The SMILES string of the molecule is CN[C@@H](C)C(=S)N[C@H]1CCSC2CC(C)(C)[C@@H](C(=O)NC[C@@H](CCc3ccccc3C)C(=O)N3CCN(C(=O)[C@@H]4CCc5ccccc5[C@H]4NC(=O)[C@H]4N5C(=O)[C@@H](NC(=S)[C@H](C)NC)CCSC5CC4(C)C)CC3)N2C1=O. The molecule has 2 aromatic rings. The molecule has 6 N–H and O–H groups in total. The molecule has 2 unspecified atom stereocenters. The number of nitrogens with zero attached hydrogens (tertiary/aromatic N) is 4. The Morgan fingerprint density at radius 2 is 1.22 bits per heavy atom. The first-order valence-electron chi connectivity index (χ1n) is 27.8. The van der Waals surface area contributed by atoms with Gasteiger partial charge in [0, 0.05) is 32.7 Å². The van der Waals surface area contributed by atoms with E-state index in [0.29, 0.717) is 87.5 Å². The van der Waals surface area contributed by atoms with Gasteiger partial charge in [-0.05, 0) is 131 Å². The molecule has 2 aromatic carbocycles. The molecule has 77 heavy (non-hydrogen) atoms. The van der Waals surface area contributed by atoms with Crippen molar-refractivity contribution in [1.82, 2.24) is 51.5 Å². The van der Waals surface area contributed by atoms with Crippen LogP contribution in [0.25, 0.3) is 0 Å². The summed E-state index contributed by atoms with van der Waals surface area (Å²) in [5.74, 6) is -0.605. The van der Waals surface area contributed by atoms with Crippen molar-refractivity contribution < 1.29 is 28.8 Å². The lowest BCUT2D eigenvalue weighted by Gasteiger charge is -2.41. The normalized spacial score (nSPS) is 27.9. The van der Waals surface area contributed by atoms with Crippen molar-refractivity contribution in [3.05, 3.63) is 70.8 Å². The molecule has 0 saturated carbocycles. The number of rotatable bonds is 16. The third-order valence-corrected chi connectivity index (χ3v) is 20.8. The van der Waals surface area contributed by atoms with Crippen LogP contribution in [0.3, 0.4) is 0 Å². The molecule has 0 aromatic heterocycles. The molecule has 0 radical (unpaired) electrons. The van der Waals surface area contributed by atoms with Gasteiger partial charge in [0.15, 0.2) is 0 Å². The number of fused-ring (bicyclic) bond motifs is 3. The van der Waals surface area contributed by atoms with Gasteiger partial charge in [-0.3, -0.25) is 28.8 Å². The van der Waals surface area contributed by atoms with E-state index in [0.717, 1.165) is 33.8 Å². The number of carbonyl (C=O) groups is 6. The highest BCUT2D eigenvalue weighted by Crippen LogP contribution is 2.48. The number of nitrogens with one attached hydrogen (secondary N) is 6. The highest BCUT2D eigenvalue weighted by molar-refractivity contribution is 8.00. The van der Waals surface area contributed by atoms with E-state index in [1.807, 2.05) is 81.9 Å². The van der Waals surface area contributed by atoms with Crippen molar-refractivity contribution in [2.75, 3.05) is 58.3 Å². The Labute approximate surface area is 475 Å². The maximum Gasteiger partial charge on any atom is 0.246 e. The van der Waals surface area contributed by atoms with E-state index in [2.05, 4.69) is 70.9 Å². The number of likely N-dealkylation sites (N-methyl/N-ethyl adjacent to an activating group) is 2. The fraction of sp³-hybridized carbons (Fsp3) is 0.649. The molecule has 5 saturated heterocycles. The zero-order chi connectivity index (χ0) is 55.5. The lowest BCUT2D eigenvalue weighted by Crippen LogP contribution is -2.59. The lowest BCUT2D eigenvalue weighted by molar-refractivity contribution is -0.146. The number of hydrogen-bond donors (Lipinski definition) is 6. The van der Waals surface area contributed by atoms with Gasteiger partial charge in [0.1, 0.15) is 24.2 Å². The maximum atomic E-state index is 15.0. The summed E-state index contributed by atoms with van der Waals surface area (Å²) in [6, 6.07) is 12.6. The standard InChI is InChI=1S/C57H82N10O6S4/c1-33-14-10-11-15-36(33)18-19-38(32-60-48(68)46-56(4,5)30-43-66(46)54(72)41(22-28-76-43)61-50(74)34(2)58-8)52(70)64-24-26-65(27-25-64)53(71)40-21-20-37-16-12-13-17-39(37)45(40)63-49(69)47-57(6,7)31-44-67(47)55(73)42(23-29-77-44)62-51(75)35(3)59-9/h10-17,34-35,38,40-47,58-59H,18-32H2,1-9H3,(H,60,68)(H,61,74)(H,62,75)(H,63,69)/t34-,35-,38+,40+,41-,42-,43?,44?,45+,46+,47+/m0/s1. The number of thiocarbonyl (C=S) groups is 2. The molecular weight excluding hydrogens is 1050 g/mol. The first kappa shape index (κ1) is 58.8. The van der Waals surface area contributed by atoms with E-state index in [-0.39, 0.29) is 64.8 Å². The van der Waals surface area contributed by atoms with Gasteiger partial charge in [0.25, 0.3) is 0 Å². The van der Waals surface area contributed by atoms with Gasteiger partial charge < -0.3 is 51.5 Å². The summed E-state index contributed by atoms with van der Waals surface area (Å²) < 4.78 is 0. The molecule has 5 heterocycles. The number of hydrogen-bond acceptors (Lipinski definition) is 12. The van der Waals surface area contributed by atoms with Crippen LogP contribution in [-0.2, 0) is 41.6 Å². The summed E-state index contributed by atoms with van der Waals surface area (Å²) in [6.45, 7) is 15.5. The first-order chi connectivity index (χ1) is 36.6. The molecule has 0 spiro atoms. The Kier molecular flexibility index (Phi) is 19.1. The van der Waals surface area contributed by atoms with Gasteiger partial charge in [-0.2, -0.15) is 0 Å². The Morgan fingerprint density at radius 3 is 1.78 bits per heavy atom. The van der Waals surface area contributed by atoms with Gasteiger partial charge in [-0.1, -0.05) is 101 Å². The fourth-order valence-corrected chi connectivity index (χ4v) is 16.2. The van der Waals surface area contributed by atoms with Crippen LogP contribution < -0.4 is 31.9 Å². The lowest BCUT2D eigenvalue weighted by atomic mass is 9.78. The Bertz CT molecular complexity index is 2560. The summed E-state index contributed by atoms with van der Waals surface area (Å²) in [6.07, 6.45) is 4.83. The second-order valence-corrected chi connectivity index (χ2v) is 26.9. The van der Waals surface area contributed by atoms with E-state index in [4.69, 9.17) is 24.4 Å². The van der Waals surface area contributed by atoms with Crippen LogP contribution in [0, 0.1) is 29.6 Å². The van der Waals surface area contributed by atoms with Gasteiger partial charge in [-0.15, -0.1) is 23.5 Å². The van der Waals surface area contributed by atoms with Gasteiger partial charge >= 0.3 is 0 Å². The number of amides is 6. The van der Waals surface area contributed by atoms with Crippen molar-refractivity contribution in [2.24, 2.45) is 22.7 Å². The maximum absolute atomic E-state index is 15.0. The van der Waals surface area contributed by atoms with Crippen LogP contribution in [0.5, 0.6) is 0 Å². The minimum absolute atomic E-state index is 0.0730. The smallest absolute Gasteiger partial charge is 0.246 e. The van der Waals surface area contributed by atoms with Gasteiger partial charge in [0.2, 0.25) is 35.4 Å². The van der Waals surface area contributed by atoms with Crippen LogP contribution in [0.15, 0.2) is 48.5 Å². The van der Waals surface area contributed by atoms with Crippen LogP contribution in [0.2, 0.25) is 0 Å². The Hall–Kier alpha value is -4.34. The minimum atomic E-state index is -0.767. The van der Waals surface area contributed by atoms with E-state index in [1.54, 1.807) is 33.3 Å². The van der Waals surface area contributed by atoms with Crippen LogP contribution >= 0.6 is 48.0 Å². The summed E-state index contributed by atoms with van der Waals surface area (Å²) in [4.78, 5) is 96.6. The van der Waals surface area contributed by atoms with Crippen molar-refractivity contribution in [2.45, 2.75) is 153 Å². The fourth-order valence-electron chi connectivity index (χ4n) is 12.5. The number of piperazine rings is 1. The van der Waals surface area contributed by atoms with Crippen LogP contribution in [0.4, 0.5) is 0 Å². The number of benzene rings is 2. The number of carbonyl (C=O) groups excluding carboxylic acids is 6. The average molecular weight is 1130 g/mol. The predicted octanol–water partition coefficient (Wildman–Crippen LogP) is 4.72. The molecule has 420 valence electrons. The first-order valence-corrected chi connectivity index (χ1v) is 30.7. The van der Waals surface area contributed by atoms with E-state index >= 15 is 4.79 Å².